The van der Waals surface area contributed by atoms with E-state index in [-0.39, 0.29) is 6.10 Å². The first kappa shape index (κ1) is 25.1. The third kappa shape index (κ3) is 5.28. The van der Waals surface area contributed by atoms with Crippen molar-refractivity contribution in [1.82, 2.24) is 4.90 Å². The van der Waals surface area contributed by atoms with Gasteiger partial charge in [0, 0.05) is 48.7 Å². The molecule has 3 aromatic carbocycles. The van der Waals surface area contributed by atoms with Gasteiger partial charge in [0.05, 0.1) is 0 Å². The van der Waals surface area contributed by atoms with Crippen molar-refractivity contribution in [3.05, 3.63) is 88.5 Å². The fourth-order valence-corrected chi connectivity index (χ4v) is 5.53. The summed E-state index contributed by atoms with van der Waals surface area (Å²) in [7, 11) is 1.81. The Kier molecular flexibility index (Phi) is 7.33. The van der Waals surface area contributed by atoms with Gasteiger partial charge in [-0.2, -0.15) is 0 Å². The lowest BCUT2D eigenvalue weighted by molar-refractivity contribution is 0.233. The van der Waals surface area contributed by atoms with Crippen molar-refractivity contribution in [2.75, 3.05) is 39.0 Å². The SMILES string of the molecule is CN=Cc1c(C)cccc1C1=C(C)c2cc(N)ccc2OC1c1ccc(OCCN2CCC(C)C2)cc1. The Bertz CT molecular complexity index is 1330. The number of nitrogen functional groups attached to an aromatic ring is 1. The molecule has 1 saturated heterocycles. The summed E-state index contributed by atoms with van der Waals surface area (Å²) < 4.78 is 12.8. The van der Waals surface area contributed by atoms with E-state index in [1.807, 2.05) is 31.5 Å². The Morgan fingerprint density at radius 3 is 2.62 bits per heavy atom. The highest BCUT2D eigenvalue weighted by atomic mass is 16.5. The summed E-state index contributed by atoms with van der Waals surface area (Å²) in [6, 6.07) is 20.6. The van der Waals surface area contributed by atoms with Crippen LogP contribution < -0.4 is 15.2 Å². The van der Waals surface area contributed by atoms with Crippen molar-refractivity contribution in [1.29, 1.82) is 0 Å². The van der Waals surface area contributed by atoms with E-state index in [4.69, 9.17) is 15.2 Å². The molecule has 0 saturated carbocycles. The van der Waals surface area contributed by atoms with Gasteiger partial charge in [-0.25, -0.2) is 0 Å². The molecule has 0 aliphatic carbocycles. The Labute approximate surface area is 220 Å². The Balaban J connectivity index is 1.47. The van der Waals surface area contributed by atoms with Gasteiger partial charge in [-0.15, -0.1) is 0 Å². The first-order valence-corrected chi connectivity index (χ1v) is 13.2. The number of likely N-dealkylation sites (tertiary alicyclic amines) is 1. The highest BCUT2D eigenvalue weighted by molar-refractivity contribution is 6.01. The third-order valence-corrected chi connectivity index (χ3v) is 7.56. The summed E-state index contributed by atoms with van der Waals surface area (Å²) >= 11 is 0. The number of nitrogens with zero attached hydrogens (tertiary/aromatic N) is 2. The normalized spacial score (nSPS) is 19.8. The molecule has 0 bridgehead atoms. The molecule has 3 aromatic rings. The highest BCUT2D eigenvalue weighted by Gasteiger charge is 2.30. The summed E-state index contributed by atoms with van der Waals surface area (Å²) in [5.41, 5.74) is 14.7. The molecule has 1 fully saturated rings. The zero-order valence-electron chi connectivity index (χ0n) is 22.3. The van der Waals surface area contributed by atoms with Crippen LogP contribution in [-0.2, 0) is 0 Å². The molecule has 2 aliphatic rings. The highest BCUT2D eigenvalue weighted by Crippen LogP contribution is 2.48. The van der Waals surface area contributed by atoms with Crippen LogP contribution in [0.4, 0.5) is 5.69 Å². The first-order valence-electron chi connectivity index (χ1n) is 13.2. The smallest absolute Gasteiger partial charge is 0.150 e. The molecular formula is C32H37N3O2. The van der Waals surface area contributed by atoms with Gasteiger partial charge in [0.15, 0.2) is 0 Å². The van der Waals surface area contributed by atoms with Gasteiger partial charge < -0.3 is 15.2 Å². The average molecular weight is 496 g/mol. The van der Waals surface area contributed by atoms with Gasteiger partial charge in [-0.05, 0) is 85.3 Å². The van der Waals surface area contributed by atoms with Gasteiger partial charge in [0.25, 0.3) is 0 Å². The minimum atomic E-state index is -0.262. The number of fused-ring (bicyclic) bond motifs is 1. The van der Waals surface area contributed by atoms with E-state index in [9.17, 15) is 0 Å². The molecule has 192 valence electrons. The number of allylic oxidation sites excluding steroid dienone is 1. The maximum Gasteiger partial charge on any atom is 0.150 e. The predicted octanol–water partition coefficient (Wildman–Crippen LogP) is 6.41. The van der Waals surface area contributed by atoms with Crippen LogP contribution in [0.3, 0.4) is 0 Å². The standard InChI is InChI=1S/C32H37N3O2/c1-21-14-15-35(20-21)16-17-36-26-11-8-24(9-12-26)32-31(27-7-5-6-22(2)29(27)19-34-4)23(3)28-18-25(33)10-13-30(28)37-32/h5-13,18-19,21,32H,14-17,20,33H2,1-4H3. The van der Waals surface area contributed by atoms with Gasteiger partial charge >= 0.3 is 0 Å². The summed E-state index contributed by atoms with van der Waals surface area (Å²) in [5, 5.41) is 0. The summed E-state index contributed by atoms with van der Waals surface area (Å²) in [6.07, 6.45) is 2.96. The van der Waals surface area contributed by atoms with Crippen molar-refractivity contribution in [3.63, 3.8) is 0 Å². The monoisotopic (exact) mass is 495 g/mol. The fourth-order valence-electron chi connectivity index (χ4n) is 5.53. The quantitative estimate of drug-likeness (QED) is 0.304. The van der Waals surface area contributed by atoms with E-state index >= 15 is 0 Å². The minimum absolute atomic E-state index is 0.262. The number of aryl methyl sites for hydroxylation is 1. The number of aliphatic imine (C=N–C) groups is 1. The molecule has 0 radical (unpaired) electrons. The van der Waals surface area contributed by atoms with Gasteiger partial charge in [-0.1, -0.05) is 37.3 Å². The first-order chi connectivity index (χ1) is 17.9. The van der Waals surface area contributed by atoms with Crippen LogP contribution in [0.2, 0.25) is 0 Å². The van der Waals surface area contributed by atoms with Crippen molar-refractivity contribution >= 4 is 23.0 Å². The van der Waals surface area contributed by atoms with E-state index in [1.165, 1.54) is 25.1 Å². The van der Waals surface area contributed by atoms with Crippen LogP contribution in [0, 0.1) is 12.8 Å². The molecule has 2 unspecified atom stereocenters. The van der Waals surface area contributed by atoms with Gasteiger partial charge in [-0.3, -0.25) is 9.89 Å². The zero-order chi connectivity index (χ0) is 25.9. The molecule has 2 N–H and O–H groups in total. The second-order valence-electron chi connectivity index (χ2n) is 10.3. The summed E-state index contributed by atoms with van der Waals surface area (Å²) in [6.45, 7) is 10.6. The number of hydrogen-bond donors (Lipinski definition) is 1. The molecule has 2 heterocycles. The molecular weight excluding hydrogens is 458 g/mol. The number of rotatable bonds is 7. The molecule has 5 nitrogen and oxygen atoms in total. The van der Waals surface area contributed by atoms with Gasteiger partial charge in [0.1, 0.15) is 24.2 Å². The molecule has 0 amide bonds. The van der Waals surface area contributed by atoms with Crippen molar-refractivity contribution < 1.29 is 9.47 Å². The van der Waals surface area contributed by atoms with Crippen LogP contribution in [0.1, 0.15) is 54.2 Å². The molecule has 2 atom stereocenters. The summed E-state index contributed by atoms with van der Waals surface area (Å²) in [5.74, 6) is 2.52. The van der Waals surface area contributed by atoms with Crippen molar-refractivity contribution in [3.8, 4) is 11.5 Å². The van der Waals surface area contributed by atoms with E-state index in [0.29, 0.717) is 6.61 Å². The lowest BCUT2D eigenvalue weighted by Crippen LogP contribution is -2.25. The zero-order valence-corrected chi connectivity index (χ0v) is 22.3. The second-order valence-corrected chi connectivity index (χ2v) is 10.3. The number of hydrogen-bond acceptors (Lipinski definition) is 5. The van der Waals surface area contributed by atoms with Gasteiger partial charge in [0.2, 0.25) is 0 Å². The average Bonchev–Trinajstić information content (AvgIpc) is 3.31. The lowest BCUT2D eigenvalue weighted by Gasteiger charge is -2.32. The van der Waals surface area contributed by atoms with Crippen molar-refractivity contribution in [2.45, 2.75) is 33.3 Å². The Morgan fingerprint density at radius 1 is 1.08 bits per heavy atom. The van der Waals surface area contributed by atoms with E-state index in [0.717, 1.165) is 63.0 Å². The van der Waals surface area contributed by atoms with E-state index in [1.54, 1.807) is 0 Å². The lowest BCUT2D eigenvalue weighted by atomic mass is 9.83. The largest absolute Gasteiger partial charge is 0.492 e. The number of nitrogens with two attached hydrogens (primary N) is 1. The van der Waals surface area contributed by atoms with Crippen molar-refractivity contribution in [2.24, 2.45) is 10.9 Å². The third-order valence-electron chi connectivity index (χ3n) is 7.56. The topological polar surface area (TPSA) is 60.1 Å². The fraction of sp³-hybridized carbons (Fsp3) is 0.344. The molecule has 5 rings (SSSR count). The maximum absolute atomic E-state index is 6.68. The van der Waals surface area contributed by atoms with E-state index < -0.39 is 0 Å². The Morgan fingerprint density at radius 2 is 1.89 bits per heavy atom. The molecule has 2 aliphatic heterocycles. The number of ether oxygens (including phenoxy) is 2. The maximum atomic E-state index is 6.68. The van der Waals surface area contributed by atoms with Crippen LogP contribution in [-0.4, -0.2) is 44.4 Å². The van der Waals surface area contributed by atoms with Crippen LogP contribution in [0.15, 0.2) is 65.7 Å². The predicted molar refractivity (Wildman–Crippen MR) is 154 cm³/mol. The molecule has 5 heteroatoms. The minimum Gasteiger partial charge on any atom is -0.492 e. The van der Waals surface area contributed by atoms with Crippen LogP contribution >= 0.6 is 0 Å². The second kappa shape index (κ2) is 10.8. The number of benzene rings is 3. The van der Waals surface area contributed by atoms with Crippen LogP contribution in [0.25, 0.3) is 11.1 Å². The molecule has 0 aromatic heterocycles. The number of anilines is 1. The Hall–Kier alpha value is -3.57. The summed E-state index contributed by atoms with van der Waals surface area (Å²) in [4.78, 5) is 6.83. The van der Waals surface area contributed by atoms with E-state index in [2.05, 4.69) is 73.1 Å². The molecule has 0 spiro atoms. The molecule has 37 heavy (non-hydrogen) atoms. The van der Waals surface area contributed by atoms with Crippen LogP contribution in [0.5, 0.6) is 11.5 Å².